The standard InChI is InChI=1S/C11H13F3N4O2S/c1-21(19,20)18-8-4-7(11(12,13)14)5-16-10(8)17-3-2-15-6-9(17)18/h4-5,9,15H,2-3,6H2,1H3/t9-/m0/s1. The molecule has 0 aliphatic carbocycles. The molecule has 1 aromatic heterocycles. The first-order valence-corrected chi connectivity index (χ1v) is 8.08. The molecule has 0 aromatic carbocycles. The van der Waals surface area contributed by atoms with E-state index in [2.05, 4.69) is 10.3 Å². The van der Waals surface area contributed by atoms with Crippen LogP contribution in [-0.4, -0.2) is 45.5 Å². The maximum absolute atomic E-state index is 12.8. The summed E-state index contributed by atoms with van der Waals surface area (Å²) in [5.74, 6) is 0.278. The summed E-state index contributed by atoms with van der Waals surface area (Å²) in [6.45, 7) is 1.45. The Labute approximate surface area is 119 Å². The zero-order valence-electron chi connectivity index (χ0n) is 11.1. The zero-order chi connectivity index (χ0) is 15.4. The van der Waals surface area contributed by atoms with Gasteiger partial charge in [-0.25, -0.2) is 17.7 Å². The predicted octanol–water partition coefficient (Wildman–Crippen LogP) is 0.616. The van der Waals surface area contributed by atoms with Crippen LogP contribution in [0.3, 0.4) is 0 Å². The van der Waals surface area contributed by atoms with Crippen molar-refractivity contribution in [2.75, 3.05) is 35.1 Å². The van der Waals surface area contributed by atoms with Crippen molar-refractivity contribution in [1.29, 1.82) is 0 Å². The van der Waals surface area contributed by atoms with Crippen LogP contribution in [0.4, 0.5) is 24.7 Å². The number of hydrogen-bond acceptors (Lipinski definition) is 5. The van der Waals surface area contributed by atoms with Crippen molar-refractivity contribution in [2.24, 2.45) is 0 Å². The number of fused-ring (bicyclic) bond motifs is 3. The van der Waals surface area contributed by atoms with Gasteiger partial charge in [-0.3, -0.25) is 0 Å². The molecule has 0 unspecified atom stereocenters. The van der Waals surface area contributed by atoms with Crippen LogP contribution in [0.15, 0.2) is 12.3 Å². The Morgan fingerprint density at radius 3 is 2.76 bits per heavy atom. The Balaban J connectivity index is 2.16. The van der Waals surface area contributed by atoms with Crippen LogP contribution in [0.5, 0.6) is 0 Å². The first kappa shape index (κ1) is 14.4. The summed E-state index contributed by atoms with van der Waals surface area (Å²) in [6.07, 6.45) is -3.41. The summed E-state index contributed by atoms with van der Waals surface area (Å²) in [5, 5.41) is 3.04. The van der Waals surface area contributed by atoms with Gasteiger partial charge in [0.05, 0.1) is 17.5 Å². The van der Waals surface area contributed by atoms with Gasteiger partial charge in [0, 0.05) is 25.8 Å². The number of nitrogens with zero attached hydrogens (tertiary/aromatic N) is 3. The number of nitrogens with one attached hydrogen (secondary N) is 1. The van der Waals surface area contributed by atoms with E-state index in [0.717, 1.165) is 22.8 Å². The normalized spacial score (nSPS) is 22.2. The van der Waals surface area contributed by atoms with E-state index in [-0.39, 0.29) is 11.5 Å². The maximum atomic E-state index is 12.8. The molecule has 21 heavy (non-hydrogen) atoms. The molecular weight excluding hydrogens is 309 g/mol. The van der Waals surface area contributed by atoms with Crippen LogP contribution in [0.1, 0.15) is 5.56 Å². The summed E-state index contributed by atoms with van der Waals surface area (Å²) < 4.78 is 63.4. The molecule has 0 bridgehead atoms. The first-order chi connectivity index (χ1) is 9.69. The van der Waals surface area contributed by atoms with Crippen molar-refractivity contribution in [2.45, 2.75) is 12.3 Å². The number of hydrogen-bond donors (Lipinski definition) is 1. The second-order valence-corrected chi connectivity index (χ2v) is 6.86. The Morgan fingerprint density at radius 1 is 1.43 bits per heavy atom. The third-order valence-electron chi connectivity index (χ3n) is 3.53. The highest BCUT2D eigenvalue weighted by Crippen LogP contribution is 2.42. The molecule has 2 aliphatic rings. The Hall–Kier alpha value is -1.55. The molecule has 1 fully saturated rings. The van der Waals surface area contributed by atoms with Crippen molar-refractivity contribution >= 4 is 21.5 Å². The summed E-state index contributed by atoms with van der Waals surface area (Å²) in [5.41, 5.74) is -0.969. The minimum Gasteiger partial charge on any atom is -0.331 e. The molecule has 3 rings (SSSR count). The largest absolute Gasteiger partial charge is 0.417 e. The zero-order valence-corrected chi connectivity index (χ0v) is 11.9. The van der Waals surface area contributed by atoms with Gasteiger partial charge in [-0.2, -0.15) is 13.2 Å². The first-order valence-electron chi connectivity index (χ1n) is 6.23. The van der Waals surface area contributed by atoms with Crippen molar-refractivity contribution in [3.8, 4) is 0 Å². The van der Waals surface area contributed by atoms with Gasteiger partial charge in [0.2, 0.25) is 10.0 Å². The number of aromatic nitrogens is 1. The number of rotatable bonds is 1. The predicted molar refractivity (Wildman–Crippen MR) is 70.6 cm³/mol. The lowest BCUT2D eigenvalue weighted by atomic mass is 10.2. The van der Waals surface area contributed by atoms with Gasteiger partial charge in [-0.1, -0.05) is 0 Å². The van der Waals surface area contributed by atoms with Crippen LogP contribution in [-0.2, 0) is 16.2 Å². The average molecular weight is 322 g/mol. The fourth-order valence-electron chi connectivity index (χ4n) is 2.69. The fourth-order valence-corrected chi connectivity index (χ4v) is 3.81. The minimum atomic E-state index is -4.56. The molecule has 10 heteroatoms. The highest BCUT2D eigenvalue weighted by Gasteiger charge is 2.44. The smallest absolute Gasteiger partial charge is 0.331 e. The number of pyridine rings is 1. The van der Waals surface area contributed by atoms with Gasteiger partial charge < -0.3 is 10.2 Å². The highest BCUT2D eigenvalue weighted by atomic mass is 32.2. The summed E-state index contributed by atoms with van der Waals surface area (Å²) in [7, 11) is -3.70. The van der Waals surface area contributed by atoms with Crippen LogP contribution in [0.2, 0.25) is 0 Å². The lowest BCUT2D eigenvalue weighted by molar-refractivity contribution is -0.137. The number of anilines is 2. The molecule has 2 aliphatic heterocycles. The Morgan fingerprint density at radius 2 is 2.14 bits per heavy atom. The van der Waals surface area contributed by atoms with Crippen LogP contribution >= 0.6 is 0 Å². The molecule has 1 saturated heterocycles. The van der Waals surface area contributed by atoms with Gasteiger partial charge in [-0.05, 0) is 6.07 Å². The minimum absolute atomic E-state index is 0.0129. The van der Waals surface area contributed by atoms with E-state index < -0.39 is 27.9 Å². The lowest BCUT2D eigenvalue weighted by Crippen LogP contribution is -2.57. The molecule has 1 atom stereocenters. The van der Waals surface area contributed by atoms with E-state index in [1.807, 2.05) is 0 Å². The van der Waals surface area contributed by atoms with E-state index in [0.29, 0.717) is 19.6 Å². The molecule has 3 heterocycles. The second-order valence-electron chi connectivity index (χ2n) is 5.00. The van der Waals surface area contributed by atoms with Crippen molar-refractivity contribution in [3.63, 3.8) is 0 Å². The summed E-state index contributed by atoms with van der Waals surface area (Å²) >= 11 is 0. The van der Waals surface area contributed by atoms with Crippen LogP contribution < -0.4 is 14.5 Å². The van der Waals surface area contributed by atoms with Crippen LogP contribution in [0, 0.1) is 0 Å². The van der Waals surface area contributed by atoms with E-state index in [1.54, 1.807) is 4.90 Å². The summed E-state index contributed by atoms with van der Waals surface area (Å²) in [6, 6.07) is 0.849. The van der Waals surface area contributed by atoms with E-state index >= 15 is 0 Å². The number of alkyl halides is 3. The monoisotopic (exact) mass is 322 g/mol. The molecule has 0 radical (unpaired) electrons. The SMILES string of the molecule is CS(=O)(=O)N1c2cc(C(F)(F)F)cnc2N2CCNC[C@@H]21. The van der Waals surface area contributed by atoms with Gasteiger partial charge in [0.15, 0.2) is 5.82 Å². The number of halogens is 3. The molecule has 6 nitrogen and oxygen atoms in total. The third-order valence-corrected chi connectivity index (χ3v) is 4.68. The lowest BCUT2D eigenvalue weighted by Gasteiger charge is -2.35. The van der Waals surface area contributed by atoms with E-state index in [1.165, 1.54) is 0 Å². The maximum Gasteiger partial charge on any atom is 0.417 e. The van der Waals surface area contributed by atoms with Gasteiger partial charge in [-0.15, -0.1) is 0 Å². The topological polar surface area (TPSA) is 65.5 Å². The van der Waals surface area contributed by atoms with E-state index in [4.69, 9.17) is 0 Å². The second kappa shape index (κ2) is 4.47. The molecule has 0 amide bonds. The fraction of sp³-hybridized carbons (Fsp3) is 0.545. The average Bonchev–Trinajstić information content (AvgIpc) is 2.70. The Bertz CT molecular complexity index is 677. The van der Waals surface area contributed by atoms with Crippen molar-refractivity contribution in [3.05, 3.63) is 17.8 Å². The quantitative estimate of drug-likeness (QED) is 0.821. The molecule has 116 valence electrons. The molecular formula is C11H13F3N4O2S. The van der Waals surface area contributed by atoms with E-state index in [9.17, 15) is 21.6 Å². The highest BCUT2D eigenvalue weighted by molar-refractivity contribution is 7.92. The summed E-state index contributed by atoms with van der Waals surface area (Å²) in [4.78, 5) is 5.56. The molecule has 1 aromatic rings. The third kappa shape index (κ3) is 2.31. The van der Waals surface area contributed by atoms with Crippen LogP contribution in [0.25, 0.3) is 0 Å². The van der Waals surface area contributed by atoms with Gasteiger partial charge in [0.25, 0.3) is 0 Å². The molecule has 1 N–H and O–H groups in total. The number of piperazine rings is 1. The number of sulfonamides is 1. The molecule has 0 spiro atoms. The van der Waals surface area contributed by atoms with Gasteiger partial charge in [0.1, 0.15) is 6.17 Å². The van der Waals surface area contributed by atoms with Crippen molar-refractivity contribution < 1.29 is 21.6 Å². The van der Waals surface area contributed by atoms with Crippen molar-refractivity contribution in [1.82, 2.24) is 10.3 Å². The van der Waals surface area contributed by atoms with Gasteiger partial charge >= 0.3 is 6.18 Å². The molecule has 0 saturated carbocycles. The Kier molecular flexibility index (Phi) is 3.06.